The molecule has 0 fully saturated rings. The van der Waals surface area contributed by atoms with E-state index in [2.05, 4.69) is 15.2 Å². The number of rotatable bonds is 6. The molecule has 164 valence electrons. The molecule has 3 heterocycles. The molecular weight excluding hydrogens is 423 g/mol. The second-order valence-electron chi connectivity index (χ2n) is 8.19. The molecule has 0 aliphatic carbocycles. The zero-order chi connectivity index (χ0) is 23.3. The number of aliphatic carboxylic acids is 1. The van der Waals surface area contributed by atoms with Gasteiger partial charge >= 0.3 is 5.97 Å². The lowest BCUT2D eigenvalue weighted by Gasteiger charge is -2.28. The quantitative estimate of drug-likeness (QED) is 0.447. The van der Waals surface area contributed by atoms with E-state index >= 15 is 8.78 Å². The molecule has 7 nitrogen and oxygen atoms in total. The summed E-state index contributed by atoms with van der Waals surface area (Å²) in [6, 6.07) is 8.87. The van der Waals surface area contributed by atoms with E-state index in [0.717, 1.165) is 0 Å². The highest BCUT2D eigenvalue weighted by molar-refractivity contribution is 5.94. The Morgan fingerprint density at radius 1 is 1.28 bits per heavy atom. The minimum Gasteiger partial charge on any atom is -0.481 e. The molecule has 4 rings (SSSR count). The van der Waals surface area contributed by atoms with Crippen molar-refractivity contribution in [3.63, 3.8) is 0 Å². The van der Waals surface area contributed by atoms with Gasteiger partial charge in [-0.15, -0.1) is 0 Å². The van der Waals surface area contributed by atoms with Crippen molar-refractivity contribution in [2.45, 2.75) is 38.0 Å². The van der Waals surface area contributed by atoms with Gasteiger partial charge < -0.3 is 9.67 Å². The number of benzene rings is 1. The van der Waals surface area contributed by atoms with Crippen LogP contribution in [0.4, 0.5) is 13.2 Å². The predicted octanol–water partition coefficient (Wildman–Crippen LogP) is 4.80. The van der Waals surface area contributed by atoms with Gasteiger partial charge in [0.1, 0.15) is 17.8 Å². The summed E-state index contributed by atoms with van der Waals surface area (Å²) in [5.41, 5.74) is -0.862. The van der Waals surface area contributed by atoms with Crippen molar-refractivity contribution < 1.29 is 23.1 Å². The van der Waals surface area contributed by atoms with Crippen molar-refractivity contribution in [3.05, 3.63) is 53.6 Å². The molecule has 0 unspecified atom stereocenters. The molecule has 2 N–H and O–H groups in total. The Labute approximate surface area is 180 Å². The number of carboxylic acid groups (broad SMARTS) is 1. The third-order valence-corrected chi connectivity index (χ3v) is 5.33. The molecule has 0 amide bonds. The fraction of sp³-hybridized carbons (Fsp3) is 0.273. The van der Waals surface area contributed by atoms with Crippen LogP contribution in [-0.2, 0) is 16.1 Å². The normalized spacial score (nSPS) is 12.4. The van der Waals surface area contributed by atoms with Gasteiger partial charge in [0, 0.05) is 28.6 Å². The predicted molar refractivity (Wildman–Crippen MR) is 110 cm³/mol. The van der Waals surface area contributed by atoms with E-state index in [-0.39, 0.29) is 28.8 Å². The minimum atomic E-state index is -3.79. The number of aromatic amines is 1. The van der Waals surface area contributed by atoms with Crippen LogP contribution in [0.2, 0.25) is 0 Å². The van der Waals surface area contributed by atoms with Crippen molar-refractivity contribution in [1.82, 2.24) is 19.7 Å². The molecule has 0 atom stereocenters. The standard InChI is InChI=1S/C22H18F3N5O2/c1-21(2,7-8-26)19-17(22(24,25)10-16(31)32)18-15(9-12-11-27-29-20(12)28-18)30(19)14-5-3-13(23)4-6-14/h3-6,9,11H,7,10H2,1-2H3,(H,31,32)(H,27,28,29). The molecule has 0 saturated carbocycles. The average molecular weight is 441 g/mol. The molecule has 4 aromatic rings. The lowest BCUT2D eigenvalue weighted by atomic mass is 9.82. The van der Waals surface area contributed by atoms with Crippen LogP contribution in [0.25, 0.3) is 27.8 Å². The van der Waals surface area contributed by atoms with Gasteiger partial charge in [-0.05, 0) is 30.3 Å². The SMILES string of the molecule is CC(C)(CC#N)c1c(C(F)(F)CC(=O)O)c2nc3[nH]ncc3cc2n1-c1ccc(F)cc1. The second-order valence-corrected chi connectivity index (χ2v) is 8.19. The highest BCUT2D eigenvalue weighted by Crippen LogP contribution is 2.46. The first kappa shape index (κ1) is 21.4. The number of carbonyl (C=O) groups is 1. The van der Waals surface area contributed by atoms with Gasteiger partial charge in [-0.2, -0.15) is 10.4 Å². The summed E-state index contributed by atoms with van der Waals surface area (Å²) in [7, 11) is 0. The van der Waals surface area contributed by atoms with E-state index in [1.165, 1.54) is 35.0 Å². The van der Waals surface area contributed by atoms with Crippen molar-refractivity contribution in [2.75, 3.05) is 0 Å². The van der Waals surface area contributed by atoms with Gasteiger partial charge in [0.15, 0.2) is 5.65 Å². The molecule has 0 radical (unpaired) electrons. The van der Waals surface area contributed by atoms with E-state index in [4.69, 9.17) is 5.11 Å². The van der Waals surface area contributed by atoms with Crippen molar-refractivity contribution in [1.29, 1.82) is 5.26 Å². The molecule has 0 bridgehead atoms. The van der Waals surface area contributed by atoms with Gasteiger partial charge in [-0.25, -0.2) is 18.2 Å². The number of nitrogens with zero attached hydrogens (tertiary/aromatic N) is 4. The number of nitrogens with one attached hydrogen (secondary N) is 1. The van der Waals surface area contributed by atoms with Crippen molar-refractivity contribution >= 4 is 28.0 Å². The van der Waals surface area contributed by atoms with E-state index < -0.39 is 35.1 Å². The number of hydrogen-bond acceptors (Lipinski definition) is 4. The zero-order valence-electron chi connectivity index (χ0n) is 17.2. The number of nitriles is 1. The zero-order valence-corrected chi connectivity index (χ0v) is 17.2. The number of carboxylic acids is 1. The topological polar surface area (TPSA) is 108 Å². The number of pyridine rings is 1. The van der Waals surface area contributed by atoms with E-state index in [9.17, 15) is 14.4 Å². The summed E-state index contributed by atoms with van der Waals surface area (Å²) >= 11 is 0. The molecule has 32 heavy (non-hydrogen) atoms. The number of H-pyrrole nitrogens is 1. The molecular formula is C22H18F3N5O2. The van der Waals surface area contributed by atoms with Gasteiger partial charge in [-0.3, -0.25) is 9.89 Å². The summed E-state index contributed by atoms with van der Waals surface area (Å²) in [4.78, 5) is 15.6. The van der Waals surface area contributed by atoms with Crippen LogP contribution in [0.5, 0.6) is 0 Å². The summed E-state index contributed by atoms with van der Waals surface area (Å²) in [5.74, 6) is -5.97. The summed E-state index contributed by atoms with van der Waals surface area (Å²) < 4.78 is 46.1. The largest absolute Gasteiger partial charge is 0.481 e. The monoisotopic (exact) mass is 441 g/mol. The maximum atomic E-state index is 15.5. The summed E-state index contributed by atoms with van der Waals surface area (Å²) in [6.07, 6.45) is -0.0904. The van der Waals surface area contributed by atoms with Gasteiger partial charge in [-0.1, -0.05) is 13.8 Å². The van der Waals surface area contributed by atoms with Crippen LogP contribution in [0.1, 0.15) is 37.9 Å². The molecule has 0 aliphatic rings. The highest BCUT2D eigenvalue weighted by atomic mass is 19.3. The van der Waals surface area contributed by atoms with Crippen molar-refractivity contribution in [2.24, 2.45) is 0 Å². The van der Waals surface area contributed by atoms with E-state index in [1.54, 1.807) is 19.9 Å². The summed E-state index contributed by atoms with van der Waals surface area (Å²) in [6.45, 7) is 3.25. The minimum absolute atomic E-state index is 0.0417. The fourth-order valence-corrected chi connectivity index (χ4v) is 3.97. The Hall–Kier alpha value is -3.87. The molecule has 1 aromatic carbocycles. The van der Waals surface area contributed by atoms with Crippen LogP contribution in [-0.4, -0.2) is 30.8 Å². The molecule has 0 spiro atoms. The molecule has 0 aliphatic heterocycles. The smallest absolute Gasteiger partial charge is 0.309 e. The van der Waals surface area contributed by atoms with Crippen LogP contribution in [0.3, 0.4) is 0 Å². The number of fused-ring (bicyclic) bond motifs is 2. The maximum absolute atomic E-state index is 15.5. The Kier molecular flexibility index (Phi) is 4.92. The summed E-state index contributed by atoms with van der Waals surface area (Å²) in [5, 5.41) is 25.6. The van der Waals surface area contributed by atoms with Crippen LogP contribution in [0.15, 0.2) is 36.5 Å². The second kappa shape index (κ2) is 7.37. The first-order valence-corrected chi connectivity index (χ1v) is 9.67. The fourth-order valence-electron chi connectivity index (χ4n) is 3.97. The Morgan fingerprint density at radius 2 is 1.97 bits per heavy atom. The molecule has 10 heteroatoms. The van der Waals surface area contributed by atoms with Gasteiger partial charge in [0.2, 0.25) is 0 Å². The number of alkyl halides is 2. The number of hydrogen-bond donors (Lipinski definition) is 2. The van der Waals surface area contributed by atoms with E-state index in [1.807, 2.05) is 6.07 Å². The average Bonchev–Trinajstić information content (AvgIpc) is 3.28. The third-order valence-electron chi connectivity index (χ3n) is 5.33. The number of halogens is 3. The van der Waals surface area contributed by atoms with Gasteiger partial charge in [0.05, 0.1) is 23.3 Å². The Bertz CT molecular complexity index is 1380. The third kappa shape index (κ3) is 3.45. The lowest BCUT2D eigenvalue weighted by molar-refractivity contribution is -0.145. The Morgan fingerprint density at radius 3 is 2.59 bits per heavy atom. The van der Waals surface area contributed by atoms with Crippen LogP contribution in [0, 0.1) is 17.1 Å². The first-order valence-electron chi connectivity index (χ1n) is 9.67. The Balaban J connectivity index is 2.22. The molecule has 3 aromatic heterocycles. The van der Waals surface area contributed by atoms with E-state index in [0.29, 0.717) is 11.1 Å². The molecule has 0 saturated heterocycles. The van der Waals surface area contributed by atoms with Crippen LogP contribution >= 0.6 is 0 Å². The lowest BCUT2D eigenvalue weighted by Crippen LogP contribution is -2.28. The highest BCUT2D eigenvalue weighted by Gasteiger charge is 2.45. The van der Waals surface area contributed by atoms with Crippen molar-refractivity contribution in [3.8, 4) is 11.8 Å². The maximum Gasteiger partial charge on any atom is 0.309 e. The number of aromatic nitrogens is 4. The van der Waals surface area contributed by atoms with Gasteiger partial charge in [0.25, 0.3) is 5.92 Å². The first-order chi connectivity index (χ1) is 15.0. The van der Waals surface area contributed by atoms with Crippen LogP contribution < -0.4 is 0 Å².